The third kappa shape index (κ3) is 1.03. The number of fused-ring (bicyclic) bond motifs is 1. The number of hydrogen-bond acceptors (Lipinski definition) is 1. The lowest BCUT2D eigenvalue weighted by molar-refractivity contribution is 0.616. The van der Waals surface area contributed by atoms with Crippen molar-refractivity contribution < 1.29 is 4.39 Å². The van der Waals surface area contributed by atoms with Gasteiger partial charge in [-0.25, -0.2) is 4.39 Å². The molecule has 1 aliphatic carbocycles. The van der Waals surface area contributed by atoms with Gasteiger partial charge >= 0.3 is 0 Å². The predicted molar refractivity (Wildman–Crippen MR) is 46.4 cm³/mol. The van der Waals surface area contributed by atoms with Crippen LogP contribution in [0.25, 0.3) is 0 Å². The van der Waals surface area contributed by atoms with Crippen molar-refractivity contribution in [3.05, 3.63) is 34.6 Å². The van der Waals surface area contributed by atoms with Gasteiger partial charge < -0.3 is 5.73 Å². The van der Waals surface area contributed by atoms with Gasteiger partial charge in [0.25, 0.3) is 0 Å². The molecule has 1 aliphatic rings. The van der Waals surface area contributed by atoms with Crippen molar-refractivity contribution in [2.75, 3.05) is 0 Å². The first-order chi connectivity index (χ1) is 5.68. The normalized spacial score (nSPS) is 21.1. The van der Waals surface area contributed by atoms with Crippen molar-refractivity contribution >= 4 is 0 Å². The minimum atomic E-state index is -0.108. The highest BCUT2D eigenvalue weighted by Crippen LogP contribution is 2.30. The maximum absolute atomic E-state index is 13.1. The minimum Gasteiger partial charge on any atom is -0.324 e. The minimum absolute atomic E-state index is 0.108. The molecular weight excluding hydrogens is 153 g/mol. The van der Waals surface area contributed by atoms with Gasteiger partial charge in [-0.15, -0.1) is 0 Å². The molecule has 1 nitrogen and oxygen atoms in total. The molecule has 2 N–H and O–H groups in total. The van der Waals surface area contributed by atoms with Crippen LogP contribution in [0.15, 0.2) is 12.1 Å². The van der Waals surface area contributed by atoms with Gasteiger partial charge in [0, 0.05) is 6.04 Å². The van der Waals surface area contributed by atoms with Crippen LogP contribution >= 0.6 is 0 Å². The fraction of sp³-hybridized carbons (Fsp3) is 0.400. The van der Waals surface area contributed by atoms with Gasteiger partial charge in [0.15, 0.2) is 0 Å². The smallest absolute Gasteiger partial charge is 0.126 e. The molecule has 2 rings (SSSR count). The lowest BCUT2D eigenvalue weighted by Crippen LogP contribution is -2.05. The molecule has 0 saturated carbocycles. The van der Waals surface area contributed by atoms with E-state index in [4.69, 9.17) is 5.73 Å². The molecule has 0 bridgehead atoms. The Labute approximate surface area is 71.4 Å². The second-order valence-corrected chi connectivity index (χ2v) is 3.45. The van der Waals surface area contributed by atoms with Gasteiger partial charge in [-0.05, 0) is 42.5 Å². The third-order valence-corrected chi connectivity index (χ3v) is 2.54. The van der Waals surface area contributed by atoms with Gasteiger partial charge in [0.05, 0.1) is 0 Å². The molecule has 2 heteroatoms. The van der Waals surface area contributed by atoms with E-state index in [2.05, 4.69) is 0 Å². The van der Waals surface area contributed by atoms with Crippen LogP contribution in [-0.4, -0.2) is 0 Å². The standard InChI is InChI=1S/C10H12FN/c1-6-4-8-7(5-9(6)11)2-3-10(8)12/h4-5,10H,2-3,12H2,1H3/t10-/m1/s1. The van der Waals surface area contributed by atoms with Crippen molar-refractivity contribution in [1.29, 1.82) is 0 Å². The van der Waals surface area contributed by atoms with Gasteiger partial charge in [0.2, 0.25) is 0 Å². The van der Waals surface area contributed by atoms with E-state index in [1.807, 2.05) is 6.07 Å². The van der Waals surface area contributed by atoms with E-state index in [1.54, 1.807) is 13.0 Å². The SMILES string of the molecule is Cc1cc2c(cc1F)CC[C@H]2N. The maximum atomic E-state index is 13.1. The van der Waals surface area contributed by atoms with Crippen LogP contribution in [0.1, 0.15) is 29.2 Å². The summed E-state index contributed by atoms with van der Waals surface area (Å²) in [5, 5.41) is 0. The molecule has 0 saturated heterocycles. The van der Waals surface area contributed by atoms with Crippen LogP contribution in [0.2, 0.25) is 0 Å². The summed E-state index contributed by atoms with van der Waals surface area (Å²) in [4.78, 5) is 0. The van der Waals surface area contributed by atoms with Gasteiger partial charge in [-0.1, -0.05) is 6.07 Å². The molecule has 0 fully saturated rings. The Morgan fingerprint density at radius 1 is 1.50 bits per heavy atom. The zero-order chi connectivity index (χ0) is 8.72. The van der Waals surface area contributed by atoms with Crippen LogP contribution in [-0.2, 0) is 6.42 Å². The van der Waals surface area contributed by atoms with Crippen molar-refractivity contribution in [1.82, 2.24) is 0 Å². The molecular formula is C10H12FN. The fourth-order valence-electron chi connectivity index (χ4n) is 1.77. The highest BCUT2D eigenvalue weighted by molar-refractivity contribution is 5.38. The van der Waals surface area contributed by atoms with Crippen LogP contribution in [0, 0.1) is 12.7 Å². The number of benzene rings is 1. The number of nitrogens with two attached hydrogens (primary N) is 1. The summed E-state index contributed by atoms with van der Waals surface area (Å²) in [6.45, 7) is 1.78. The Hall–Kier alpha value is -0.890. The van der Waals surface area contributed by atoms with E-state index in [1.165, 1.54) is 0 Å². The second-order valence-electron chi connectivity index (χ2n) is 3.45. The quantitative estimate of drug-likeness (QED) is 0.625. The number of halogens is 1. The molecule has 1 atom stereocenters. The Kier molecular flexibility index (Phi) is 1.65. The summed E-state index contributed by atoms with van der Waals surface area (Å²) in [6, 6.07) is 3.62. The van der Waals surface area contributed by atoms with E-state index < -0.39 is 0 Å². The molecule has 0 radical (unpaired) electrons. The Bertz CT molecular complexity index is 320. The maximum Gasteiger partial charge on any atom is 0.126 e. The lowest BCUT2D eigenvalue weighted by Gasteiger charge is -2.05. The first kappa shape index (κ1) is 7.74. The van der Waals surface area contributed by atoms with E-state index in [9.17, 15) is 4.39 Å². The number of rotatable bonds is 0. The monoisotopic (exact) mass is 165 g/mol. The Morgan fingerprint density at radius 3 is 3.00 bits per heavy atom. The molecule has 12 heavy (non-hydrogen) atoms. The summed E-state index contributed by atoms with van der Waals surface area (Å²) >= 11 is 0. The Morgan fingerprint density at radius 2 is 2.25 bits per heavy atom. The average molecular weight is 165 g/mol. The van der Waals surface area contributed by atoms with E-state index in [0.717, 1.165) is 24.0 Å². The van der Waals surface area contributed by atoms with Crippen molar-refractivity contribution in [3.63, 3.8) is 0 Å². The molecule has 0 aromatic heterocycles. The van der Waals surface area contributed by atoms with Crippen molar-refractivity contribution in [2.45, 2.75) is 25.8 Å². The average Bonchev–Trinajstić information content (AvgIpc) is 2.35. The van der Waals surface area contributed by atoms with E-state index >= 15 is 0 Å². The number of aryl methyl sites for hydroxylation is 2. The number of hydrogen-bond donors (Lipinski definition) is 1. The van der Waals surface area contributed by atoms with Gasteiger partial charge in [-0.3, -0.25) is 0 Å². The highest BCUT2D eigenvalue weighted by Gasteiger charge is 2.19. The molecule has 0 spiro atoms. The van der Waals surface area contributed by atoms with Crippen molar-refractivity contribution in [3.8, 4) is 0 Å². The fourth-order valence-corrected chi connectivity index (χ4v) is 1.77. The molecule has 1 aromatic carbocycles. The van der Waals surface area contributed by atoms with Gasteiger partial charge in [0.1, 0.15) is 5.82 Å². The molecule has 0 aliphatic heterocycles. The zero-order valence-corrected chi connectivity index (χ0v) is 7.10. The molecule has 0 amide bonds. The highest BCUT2D eigenvalue weighted by atomic mass is 19.1. The summed E-state index contributed by atoms with van der Waals surface area (Å²) in [7, 11) is 0. The van der Waals surface area contributed by atoms with Crippen LogP contribution in [0.5, 0.6) is 0 Å². The third-order valence-electron chi connectivity index (χ3n) is 2.54. The lowest BCUT2D eigenvalue weighted by atomic mass is 10.1. The summed E-state index contributed by atoms with van der Waals surface area (Å²) in [5.74, 6) is -0.108. The van der Waals surface area contributed by atoms with Crippen LogP contribution < -0.4 is 5.73 Å². The van der Waals surface area contributed by atoms with Crippen molar-refractivity contribution in [2.24, 2.45) is 5.73 Å². The Balaban J connectivity index is 2.56. The van der Waals surface area contributed by atoms with E-state index in [0.29, 0.717) is 5.56 Å². The topological polar surface area (TPSA) is 26.0 Å². The summed E-state index contributed by atoms with van der Waals surface area (Å²) in [6.07, 6.45) is 1.88. The first-order valence-corrected chi connectivity index (χ1v) is 4.23. The largest absolute Gasteiger partial charge is 0.324 e. The van der Waals surface area contributed by atoms with E-state index in [-0.39, 0.29) is 11.9 Å². The summed E-state index contributed by atoms with van der Waals surface area (Å²) in [5.41, 5.74) is 8.76. The molecule has 0 unspecified atom stereocenters. The zero-order valence-electron chi connectivity index (χ0n) is 7.10. The molecule has 1 aromatic rings. The van der Waals surface area contributed by atoms with Crippen LogP contribution in [0.3, 0.4) is 0 Å². The molecule has 64 valence electrons. The molecule has 0 heterocycles. The van der Waals surface area contributed by atoms with Gasteiger partial charge in [-0.2, -0.15) is 0 Å². The predicted octanol–water partition coefficient (Wildman–Crippen LogP) is 2.08. The van der Waals surface area contributed by atoms with Crippen LogP contribution in [0.4, 0.5) is 4.39 Å². The summed E-state index contributed by atoms with van der Waals surface area (Å²) < 4.78 is 13.1. The first-order valence-electron chi connectivity index (χ1n) is 4.23. The second kappa shape index (κ2) is 2.56.